The van der Waals surface area contributed by atoms with Crippen molar-refractivity contribution in [2.75, 3.05) is 20.3 Å². The summed E-state index contributed by atoms with van der Waals surface area (Å²) in [5, 5.41) is 4.57. The lowest BCUT2D eigenvalue weighted by Gasteiger charge is -2.21. The van der Waals surface area contributed by atoms with Gasteiger partial charge in [-0.25, -0.2) is 9.37 Å². The number of halogens is 1. The average molecular weight is 594 g/mol. The van der Waals surface area contributed by atoms with Gasteiger partial charge in [-0.2, -0.15) is 9.67 Å². The number of rotatable bonds is 13. The Bertz CT molecular complexity index is 1490. The summed E-state index contributed by atoms with van der Waals surface area (Å²) in [4.78, 5) is 25.5. The molecule has 3 aromatic heterocycles. The van der Waals surface area contributed by atoms with Crippen LogP contribution in [0.3, 0.4) is 0 Å². The predicted octanol–water partition coefficient (Wildman–Crippen LogP) is 5.68. The van der Waals surface area contributed by atoms with Gasteiger partial charge >= 0.3 is 12.0 Å². The highest BCUT2D eigenvalue weighted by molar-refractivity contribution is 6.55. The third kappa shape index (κ3) is 7.98. The second kappa shape index (κ2) is 13.7. The monoisotopic (exact) mass is 593 g/mol. The quantitative estimate of drug-likeness (QED) is 0.110. The minimum atomic E-state index is -0.796. The second-order valence-electron chi connectivity index (χ2n) is 10.9. The third-order valence-electron chi connectivity index (χ3n) is 6.42. The molecular weight excluding hydrogens is 557 g/mol. The minimum absolute atomic E-state index is 0.138. The van der Waals surface area contributed by atoms with Crippen molar-refractivity contribution in [1.29, 1.82) is 0 Å². The van der Waals surface area contributed by atoms with Crippen LogP contribution in [0.4, 0.5) is 4.39 Å². The number of hydrogen-bond acceptors (Lipinski definition) is 9. The normalized spacial score (nSPS) is 11.5. The van der Waals surface area contributed by atoms with Crippen LogP contribution < -0.4 is 9.47 Å². The van der Waals surface area contributed by atoms with Gasteiger partial charge in [-0.15, -0.1) is 5.10 Å². The molecule has 1 aromatic carbocycles. The van der Waals surface area contributed by atoms with Crippen molar-refractivity contribution in [2.24, 2.45) is 5.41 Å². The lowest BCUT2D eigenvalue weighted by molar-refractivity contribution is -0.152. The molecule has 0 atom stereocenters. The molecule has 3 heterocycles. The summed E-state index contributed by atoms with van der Waals surface area (Å²) < 4.78 is 37.2. The first kappa shape index (κ1) is 30.8. The molecule has 0 unspecified atom stereocenters. The number of aromatic nitrogens is 5. The minimum Gasteiger partial charge on any atom is -0.476 e. The van der Waals surface area contributed by atoms with E-state index in [9.17, 15) is 9.18 Å². The number of carbonyl (C=O) groups excluding carboxylic acids is 1. The average Bonchev–Trinajstić information content (AvgIpc) is 3.37. The molecule has 222 valence electrons. The maximum Gasteiger partial charge on any atom is 0.323 e. The van der Waals surface area contributed by atoms with E-state index < -0.39 is 14.2 Å². The van der Waals surface area contributed by atoms with E-state index in [0.29, 0.717) is 29.8 Å². The van der Waals surface area contributed by atoms with Gasteiger partial charge in [0.15, 0.2) is 0 Å². The van der Waals surface area contributed by atoms with Crippen LogP contribution in [0.15, 0.2) is 54.9 Å². The second-order valence-corrected chi connectivity index (χ2v) is 14.3. The third-order valence-corrected chi connectivity index (χ3v) is 7.81. The van der Waals surface area contributed by atoms with Gasteiger partial charge in [-0.1, -0.05) is 19.2 Å². The molecule has 12 heteroatoms. The number of esters is 1. The molecule has 0 saturated carbocycles. The van der Waals surface area contributed by atoms with E-state index in [0.717, 1.165) is 22.7 Å². The summed E-state index contributed by atoms with van der Waals surface area (Å²) in [6.07, 6.45) is 3.44. The molecule has 0 bridgehead atoms. The Morgan fingerprint density at radius 1 is 1.07 bits per heavy atom. The fourth-order valence-electron chi connectivity index (χ4n) is 3.86. The zero-order valence-corrected chi connectivity index (χ0v) is 25.9. The number of carbonyl (C=O) groups is 1. The highest BCUT2D eigenvalue weighted by atomic mass is 28.3. The number of pyridine rings is 2. The molecule has 10 nitrogen and oxygen atoms in total. The highest BCUT2D eigenvalue weighted by Crippen LogP contribution is 2.28. The Morgan fingerprint density at radius 2 is 1.83 bits per heavy atom. The van der Waals surface area contributed by atoms with Crippen LogP contribution in [0.2, 0.25) is 19.1 Å². The summed E-state index contributed by atoms with van der Waals surface area (Å²) in [5.41, 5.74) is 2.43. The molecule has 4 aromatic rings. The SMILES string of the molecule is COC(=O)C(C)(C)COc1cc(C)c(-c2ccc(-c3nc(Oc4ccc(F)cc4)n(COCC[SiH](C)C)n3)nc2)cn1. The van der Waals surface area contributed by atoms with E-state index in [4.69, 9.17) is 18.9 Å². The highest BCUT2D eigenvalue weighted by Gasteiger charge is 2.30. The molecular formula is C30H36FN5O5Si. The summed E-state index contributed by atoms with van der Waals surface area (Å²) in [6.45, 7) is 10.9. The first-order chi connectivity index (χ1) is 20.1. The largest absolute Gasteiger partial charge is 0.476 e. The van der Waals surface area contributed by atoms with E-state index in [1.54, 1.807) is 26.2 Å². The number of hydrogen-bond donors (Lipinski definition) is 0. The Balaban J connectivity index is 1.50. The zero-order chi connectivity index (χ0) is 30.3. The maximum absolute atomic E-state index is 13.4. The van der Waals surface area contributed by atoms with Crippen molar-refractivity contribution < 1.29 is 28.1 Å². The van der Waals surface area contributed by atoms with Crippen molar-refractivity contribution in [3.8, 4) is 40.3 Å². The molecule has 0 aliphatic heterocycles. The standard InChI is InChI=1S/C30H36FN5O5Si/c1-20-15-26(40-18-30(2,3)28(37)38-4)33-17-24(20)21-7-12-25(32-16-21)27-34-29(41-23-10-8-22(31)9-11-23)36(35-27)19-39-13-14-42(5)6/h7-12,15-17,42H,13-14,18-19H2,1-6H3. The van der Waals surface area contributed by atoms with Gasteiger partial charge in [0, 0.05) is 45.0 Å². The van der Waals surface area contributed by atoms with Crippen molar-refractivity contribution in [3.63, 3.8) is 0 Å². The summed E-state index contributed by atoms with van der Waals surface area (Å²) in [6, 6.07) is 12.5. The van der Waals surface area contributed by atoms with Crippen LogP contribution >= 0.6 is 0 Å². The van der Waals surface area contributed by atoms with Gasteiger partial charge < -0.3 is 18.9 Å². The van der Waals surface area contributed by atoms with Crippen molar-refractivity contribution in [2.45, 2.75) is 46.6 Å². The van der Waals surface area contributed by atoms with Gasteiger partial charge in [0.05, 0.1) is 12.5 Å². The van der Waals surface area contributed by atoms with Crippen LogP contribution in [0.1, 0.15) is 19.4 Å². The van der Waals surface area contributed by atoms with E-state index in [2.05, 4.69) is 33.1 Å². The topological polar surface area (TPSA) is 110 Å². The first-order valence-corrected chi connectivity index (χ1v) is 16.8. The number of nitrogens with zero attached hydrogens (tertiary/aromatic N) is 5. The maximum atomic E-state index is 13.4. The molecule has 0 saturated heterocycles. The number of ether oxygens (including phenoxy) is 4. The fraction of sp³-hybridized carbons (Fsp3) is 0.367. The molecule has 0 aliphatic carbocycles. The van der Waals surface area contributed by atoms with Crippen LogP contribution in [0.5, 0.6) is 17.6 Å². The summed E-state index contributed by atoms with van der Waals surface area (Å²) in [5.74, 6) is 0.506. The molecule has 0 aliphatic rings. The van der Waals surface area contributed by atoms with Gasteiger partial charge in [-0.05, 0) is 62.7 Å². The summed E-state index contributed by atoms with van der Waals surface area (Å²) in [7, 11) is 0.612. The molecule has 0 radical (unpaired) electrons. The number of aryl methyl sites for hydroxylation is 1. The Hall–Kier alpha value is -4.16. The fourth-order valence-corrected chi connectivity index (χ4v) is 4.50. The van der Waals surface area contributed by atoms with Gasteiger partial charge in [0.2, 0.25) is 11.7 Å². The number of methoxy groups -OCH3 is 1. The molecule has 0 spiro atoms. The summed E-state index contributed by atoms with van der Waals surface area (Å²) >= 11 is 0. The van der Waals surface area contributed by atoms with Crippen molar-refractivity contribution in [3.05, 3.63) is 66.2 Å². The van der Waals surface area contributed by atoms with Gasteiger partial charge in [-0.3, -0.25) is 9.78 Å². The first-order valence-electron chi connectivity index (χ1n) is 13.7. The lowest BCUT2D eigenvalue weighted by atomic mass is 9.95. The molecule has 4 rings (SSSR count). The van der Waals surface area contributed by atoms with Crippen LogP contribution in [-0.2, 0) is 21.0 Å². The van der Waals surface area contributed by atoms with Crippen LogP contribution in [-0.4, -0.2) is 59.8 Å². The van der Waals surface area contributed by atoms with E-state index >= 15 is 0 Å². The van der Waals surface area contributed by atoms with Crippen molar-refractivity contribution in [1.82, 2.24) is 24.7 Å². The number of benzene rings is 1. The van der Waals surface area contributed by atoms with Crippen LogP contribution in [0.25, 0.3) is 22.6 Å². The Labute approximate surface area is 246 Å². The molecule has 0 N–H and O–H groups in total. The molecule has 0 fully saturated rings. The predicted molar refractivity (Wildman–Crippen MR) is 159 cm³/mol. The van der Waals surface area contributed by atoms with Crippen molar-refractivity contribution >= 4 is 14.8 Å². The van der Waals surface area contributed by atoms with Gasteiger partial charge in [0.25, 0.3) is 0 Å². The van der Waals surface area contributed by atoms with Crippen LogP contribution in [0, 0.1) is 18.2 Å². The molecule has 0 amide bonds. The zero-order valence-electron chi connectivity index (χ0n) is 24.8. The van der Waals surface area contributed by atoms with E-state index in [1.165, 1.54) is 36.1 Å². The van der Waals surface area contributed by atoms with E-state index in [1.807, 2.05) is 25.1 Å². The lowest BCUT2D eigenvalue weighted by Crippen LogP contribution is -2.32. The smallest absolute Gasteiger partial charge is 0.323 e. The van der Waals surface area contributed by atoms with Gasteiger partial charge in [0.1, 0.15) is 30.6 Å². The Kier molecular flexibility index (Phi) is 10.0. The van der Waals surface area contributed by atoms with E-state index in [-0.39, 0.29) is 31.1 Å². The Morgan fingerprint density at radius 3 is 2.48 bits per heavy atom. The molecule has 42 heavy (non-hydrogen) atoms.